The van der Waals surface area contributed by atoms with Crippen molar-refractivity contribution in [1.82, 2.24) is 10.2 Å². The van der Waals surface area contributed by atoms with Gasteiger partial charge in [-0.15, -0.1) is 11.3 Å². The first-order chi connectivity index (χ1) is 10.1. The molecule has 5 nitrogen and oxygen atoms in total. The van der Waals surface area contributed by atoms with Gasteiger partial charge in [-0.3, -0.25) is 9.59 Å². The first-order valence-corrected chi connectivity index (χ1v) is 8.28. The minimum Gasteiger partial charge on any atom is -0.352 e. The van der Waals surface area contributed by atoms with Gasteiger partial charge in [-0.25, -0.2) is 0 Å². The second kappa shape index (κ2) is 7.56. The molecule has 1 aromatic heterocycles. The predicted octanol–water partition coefficient (Wildman–Crippen LogP) is 1.45. The van der Waals surface area contributed by atoms with Gasteiger partial charge in [0.25, 0.3) is 5.91 Å². The average Bonchev–Trinajstić information content (AvgIpc) is 3.01. The number of hydrogen-bond donors (Lipinski definition) is 2. The van der Waals surface area contributed by atoms with Gasteiger partial charge in [0, 0.05) is 13.1 Å². The highest BCUT2D eigenvalue weighted by Crippen LogP contribution is 2.23. The van der Waals surface area contributed by atoms with Gasteiger partial charge in [-0.1, -0.05) is 18.9 Å². The van der Waals surface area contributed by atoms with E-state index in [9.17, 15) is 9.59 Å². The number of carbonyl (C=O) groups excluding carboxylic acids is 2. The molecular formula is C15H23N3O2S. The lowest BCUT2D eigenvalue weighted by Crippen LogP contribution is -2.48. The van der Waals surface area contributed by atoms with E-state index < -0.39 is 0 Å². The van der Waals surface area contributed by atoms with E-state index in [-0.39, 0.29) is 24.4 Å². The Labute approximate surface area is 129 Å². The van der Waals surface area contributed by atoms with Crippen molar-refractivity contribution in [3.8, 4) is 0 Å². The largest absolute Gasteiger partial charge is 0.352 e. The summed E-state index contributed by atoms with van der Waals surface area (Å²) in [4.78, 5) is 26.3. The zero-order valence-electron chi connectivity index (χ0n) is 12.4. The maximum absolute atomic E-state index is 12.1. The maximum atomic E-state index is 12.1. The van der Waals surface area contributed by atoms with Crippen LogP contribution in [-0.4, -0.2) is 42.9 Å². The van der Waals surface area contributed by atoms with Crippen molar-refractivity contribution in [3.63, 3.8) is 0 Å². The molecule has 0 saturated heterocycles. The number of nitrogens with one attached hydrogen (secondary N) is 1. The fraction of sp³-hybridized carbons (Fsp3) is 0.600. The molecule has 2 amide bonds. The molecule has 1 heterocycles. The topological polar surface area (TPSA) is 75.4 Å². The molecule has 0 spiro atoms. The first-order valence-electron chi connectivity index (χ1n) is 7.40. The summed E-state index contributed by atoms with van der Waals surface area (Å²) < 4.78 is 0. The summed E-state index contributed by atoms with van der Waals surface area (Å²) in [5.41, 5.74) is 5.77. The van der Waals surface area contributed by atoms with E-state index in [2.05, 4.69) is 5.32 Å². The van der Waals surface area contributed by atoms with Gasteiger partial charge in [0.1, 0.15) is 0 Å². The van der Waals surface area contributed by atoms with Gasteiger partial charge in [0.2, 0.25) is 5.91 Å². The van der Waals surface area contributed by atoms with Crippen molar-refractivity contribution in [2.24, 2.45) is 11.7 Å². The summed E-state index contributed by atoms with van der Waals surface area (Å²) in [5.74, 6) is 0.146. The number of amides is 2. The molecular weight excluding hydrogens is 286 g/mol. The Morgan fingerprint density at radius 3 is 2.86 bits per heavy atom. The van der Waals surface area contributed by atoms with Gasteiger partial charge in [0.05, 0.1) is 11.4 Å². The second-order valence-corrected chi connectivity index (χ2v) is 6.54. The second-order valence-electron chi connectivity index (χ2n) is 5.59. The molecule has 1 aromatic rings. The molecule has 0 aromatic carbocycles. The van der Waals surface area contributed by atoms with Crippen LogP contribution in [0.1, 0.15) is 35.4 Å². The number of likely N-dealkylation sites (N-methyl/N-ethyl adjacent to an activating group) is 1. The molecule has 6 heteroatoms. The quantitative estimate of drug-likeness (QED) is 0.864. The predicted molar refractivity (Wildman–Crippen MR) is 84.2 cm³/mol. The molecule has 2 rings (SSSR count). The van der Waals surface area contributed by atoms with E-state index in [0.717, 1.165) is 19.3 Å². The smallest absolute Gasteiger partial charge is 0.264 e. The number of rotatable bonds is 5. The molecule has 0 bridgehead atoms. The summed E-state index contributed by atoms with van der Waals surface area (Å²) in [6.07, 6.45) is 4.37. The monoisotopic (exact) mass is 309 g/mol. The number of nitrogens with zero attached hydrogens (tertiary/aromatic N) is 1. The molecule has 116 valence electrons. The zero-order valence-corrected chi connectivity index (χ0v) is 13.2. The summed E-state index contributed by atoms with van der Waals surface area (Å²) >= 11 is 1.39. The van der Waals surface area contributed by atoms with Crippen LogP contribution >= 0.6 is 11.3 Å². The molecule has 1 aliphatic rings. The molecule has 21 heavy (non-hydrogen) atoms. The van der Waals surface area contributed by atoms with Crippen molar-refractivity contribution >= 4 is 23.2 Å². The average molecular weight is 309 g/mol. The minimum atomic E-state index is -0.112. The Balaban J connectivity index is 1.84. The number of carbonyl (C=O) groups is 2. The van der Waals surface area contributed by atoms with Crippen LogP contribution in [0.2, 0.25) is 0 Å². The Morgan fingerprint density at radius 1 is 1.43 bits per heavy atom. The highest BCUT2D eigenvalue weighted by molar-refractivity contribution is 7.12. The van der Waals surface area contributed by atoms with E-state index >= 15 is 0 Å². The van der Waals surface area contributed by atoms with Gasteiger partial charge < -0.3 is 16.0 Å². The van der Waals surface area contributed by atoms with Crippen molar-refractivity contribution < 1.29 is 9.59 Å². The standard InChI is InChI=1S/C15H23N3O2S/c1-18(15(20)13-7-4-8-21-13)10-14(19)17-12-6-3-2-5-11(12)9-16/h4,7-8,11-12H,2-3,5-6,9-10,16H2,1H3,(H,17,19). The molecule has 1 aliphatic carbocycles. The third kappa shape index (κ3) is 4.28. The number of thiophene rings is 1. The molecule has 2 unspecified atom stereocenters. The SMILES string of the molecule is CN(CC(=O)NC1CCCCC1CN)C(=O)c1cccs1. The number of nitrogens with two attached hydrogens (primary N) is 1. The van der Waals surface area contributed by atoms with E-state index in [0.29, 0.717) is 17.3 Å². The van der Waals surface area contributed by atoms with Gasteiger partial charge >= 0.3 is 0 Å². The lowest BCUT2D eigenvalue weighted by Gasteiger charge is -2.31. The molecule has 3 N–H and O–H groups in total. The fourth-order valence-corrected chi connectivity index (χ4v) is 3.53. The number of hydrogen-bond acceptors (Lipinski definition) is 4. The lowest BCUT2D eigenvalue weighted by molar-refractivity contribution is -0.122. The van der Waals surface area contributed by atoms with Crippen molar-refractivity contribution in [2.75, 3.05) is 20.1 Å². The van der Waals surface area contributed by atoms with Crippen LogP contribution in [0.15, 0.2) is 17.5 Å². The molecule has 1 saturated carbocycles. The van der Waals surface area contributed by atoms with Crippen molar-refractivity contribution in [3.05, 3.63) is 22.4 Å². The Morgan fingerprint density at radius 2 is 2.19 bits per heavy atom. The maximum Gasteiger partial charge on any atom is 0.264 e. The summed E-state index contributed by atoms with van der Waals surface area (Å²) in [6, 6.07) is 3.76. The van der Waals surface area contributed by atoms with Crippen LogP contribution in [0.5, 0.6) is 0 Å². The van der Waals surface area contributed by atoms with Crippen LogP contribution in [-0.2, 0) is 4.79 Å². The van der Waals surface area contributed by atoms with Gasteiger partial charge in [-0.2, -0.15) is 0 Å². The van der Waals surface area contributed by atoms with Crippen LogP contribution in [0.3, 0.4) is 0 Å². The zero-order chi connectivity index (χ0) is 15.2. The molecule has 0 aliphatic heterocycles. The third-order valence-corrected chi connectivity index (χ3v) is 4.88. The highest BCUT2D eigenvalue weighted by atomic mass is 32.1. The van der Waals surface area contributed by atoms with E-state index in [1.165, 1.54) is 22.7 Å². The molecule has 1 fully saturated rings. The van der Waals surface area contributed by atoms with Gasteiger partial charge in [-0.05, 0) is 36.8 Å². The third-order valence-electron chi connectivity index (χ3n) is 4.02. The fourth-order valence-electron chi connectivity index (χ4n) is 2.81. The van der Waals surface area contributed by atoms with E-state index in [1.54, 1.807) is 13.1 Å². The summed E-state index contributed by atoms with van der Waals surface area (Å²) in [5, 5.41) is 4.90. The van der Waals surface area contributed by atoms with Crippen molar-refractivity contribution in [2.45, 2.75) is 31.7 Å². The van der Waals surface area contributed by atoms with Crippen molar-refractivity contribution in [1.29, 1.82) is 0 Å². The Hall–Kier alpha value is -1.40. The van der Waals surface area contributed by atoms with E-state index in [1.807, 2.05) is 11.4 Å². The van der Waals surface area contributed by atoms with Crippen LogP contribution in [0.4, 0.5) is 0 Å². The van der Waals surface area contributed by atoms with Gasteiger partial charge in [0.15, 0.2) is 0 Å². The Bertz CT molecular complexity index is 475. The van der Waals surface area contributed by atoms with E-state index in [4.69, 9.17) is 5.73 Å². The van der Waals surface area contributed by atoms with Crippen LogP contribution in [0.25, 0.3) is 0 Å². The lowest BCUT2D eigenvalue weighted by atomic mass is 9.84. The first kappa shape index (κ1) is 16.0. The summed E-state index contributed by atoms with van der Waals surface area (Å²) in [6.45, 7) is 0.694. The normalized spacial score (nSPS) is 21.8. The summed E-state index contributed by atoms with van der Waals surface area (Å²) in [7, 11) is 1.66. The minimum absolute atomic E-state index is 0.0878. The Kier molecular flexibility index (Phi) is 5.76. The molecule has 2 atom stereocenters. The highest BCUT2D eigenvalue weighted by Gasteiger charge is 2.26. The van der Waals surface area contributed by atoms with Crippen LogP contribution in [0, 0.1) is 5.92 Å². The van der Waals surface area contributed by atoms with Crippen LogP contribution < -0.4 is 11.1 Å². The molecule has 0 radical (unpaired) electrons.